The first kappa shape index (κ1) is 17.3. The minimum absolute atomic E-state index is 0.696. The summed E-state index contributed by atoms with van der Waals surface area (Å²) < 4.78 is 0. The summed E-state index contributed by atoms with van der Waals surface area (Å²) in [6, 6.07) is 12.7. The van der Waals surface area contributed by atoms with Gasteiger partial charge in [-0.15, -0.1) is 23.1 Å². The molecule has 6 heteroatoms. The Morgan fingerprint density at radius 1 is 0.742 bits per heavy atom. The molecule has 7 aromatic rings. The van der Waals surface area contributed by atoms with Crippen LogP contribution in [0.5, 0.6) is 0 Å². The third-order valence-electron chi connectivity index (χ3n) is 5.94. The third kappa shape index (κ3) is 2.21. The summed E-state index contributed by atoms with van der Waals surface area (Å²) in [4.78, 5) is 19.9. The summed E-state index contributed by atoms with van der Waals surface area (Å²) in [6.45, 7) is 4.15. The number of hydrogen-bond acceptors (Lipinski definition) is 6. The fourth-order valence-corrected chi connectivity index (χ4v) is 5.76. The normalized spacial score (nSPS) is 13.1. The Kier molecular flexibility index (Phi) is 3.41. The quantitative estimate of drug-likeness (QED) is 0.263. The van der Waals surface area contributed by atoms with Gasteiger partial charge in [0.05, 0.1) is 32.8 Å². The molecule has 4 aromatic carbocycles. The Morgan fingerprint density at radius 3 is 1.74 bits per heavy atom. The van der Waals surface area contributed by atoms with Gasteiger partial charge in [0.2, 0.25) is 0 Å². The van der Waals surface area contributed by atoms with Crippen molar-refractivity contribution >= 4 is 101 Å². The van der Waals surface area contributed by atoms with Crippen LogP contribution in [0.2, 0.25) is 0 Å². The van der Waals surface area contributed by atoms with Crippen LogP contribution < -0.4 is 10.7 Å². The summed E-state index contributed by atoms with van der Waals surface area (Å²) in [6.07, 6.45) is 2.02. The van der Waals surface area contributed by atoms with Crippen molar-refractivity contribution < 1.29 is 0 Å². The van der Waals surface area contributed by atoms with E-state index in [1.807, 2.05) is 11.7 Å². The molecule has 146 valence electrons. The standard InChI is InChI=1S/C25H14N4S2/c1-12-17(9-30-2)27-23-14-6-4-8-16-21(14)20-13(22(23)26-12)5-3-7-15(20)24-25(16)29-19-11-31-10-18(19)28-24/h3-11H,1H2,2H3/b17-9+. The molecule has 3 heterocycles. The number of fused-ring (bicyclic) bond motifs is 7. The zero-order valence-electron chi connectivity index (χ0n) is 16.5. The molecule has 0 aliphatic rings. The molecule has 0 saturated carbocycles. The number of benzene rings is 4. The minimum atomic E-state index is 0.696. The fourth-order valence-electron chi connectivity index (χ4n) is 4.67. The molecule has 0 amide bonds. The first-order valence-corrected chi connectivity index (χ1v) is 12.1. The summed E-state index contributed by atoms with van der Waals surface area (Å²) in [5, 5.41) is 14.4. The zero-order valence-corrected chi connectivity index (χ0v) is 18.1. The molecule has 0 saturated heterocycles. The van der Waals surface area contributed by atoms with E-state index in [0.717, 1.165) is 60.0 Å². The summed E-state index contributed by atoms with van der Waals surface area (Å²) in [5.41, 5.74) is 5.55. The second-order valence-corrected chi connectivity index (χ2v) is 9.08. The predicted octanol–water partition coefficient (Wildman–Crippen LogP) is 5.20. The maximum Gasteiger partial charge on any atom is 0.100 e. The number of thioether (sulfide) groups is 1. The van der Waals surface area contributed by atoms with Crippen molar-refractivity contribution in [2.24, 2.45) is 0 Å². The molecule has 0 unspecified atom stereocenters. The van der Waals surface area contributed by atoms with Crippen LogP contribution in [0.3, 0.4) is 0 Å². The molecular weight excluding hydrogens is 420 g/mol. The van der Waals surface area contributed by atoms with Crippen LogP contribution in [-0.4, -0.2) is 26.2 Å². The monoisotopic (exact) mass is 434 g/mol. The van der Waals surface area contributed by atoms with E-state index >= 15 is 0 Å². The second-order valence-electron chi connectivity index (χ2n) is 7.63. The van der Waals surface area contributed by atoms with E-state index < -0.39 is 0 Å². The molecule has 0 aliphatic heterocycles. The summed E-state index contributed by atoms with van der Waals surface area (Å²) >= 11 is 3.24. The highest BCUT2D eigenvalue weighted by Crippen LogP contribution is 2.42. The van der Waals surface area contributed by atoms with Crippen molar-refractivity contribution in [1.82, 2.24) is 19.9 Å². The molecule has 0 atom stereocenters. The molecule has 0 radical (unpaired) electrons. The molecule has 0 spiro atoms. The molecule has 7 rings (SSSR count). The van der Waals surface area contributed by atoms with Gasteiger partial charge in [-0.1, -0.05) is 43.0 Å². The Morgan fingerprint density at radius 2 is 1.23 bits per heavy atom. The van der Waals surface area contributed by atoms with Crippen LogP contribution in [0, 0.1) is 0 Å². The molecule has 0 aliphatic carbocycles. The Hall–Kier alpha value is -3.35. The van der Waals surface area contributed by atoms with Crippen LogP contribution in [0.15, 0.2) is 47.2 Å². The molecule has 0 fully saturated rings. The van der Waals surface area contributed by atoms with Crippen molar-refractivity contribution in [3.8, 4) is 0 Å². The van der Waals surface area contributed by atoms with Crippen LogP contribution in [0.4, 0.5) is 0 Å². The van der Waals surface area contributed by atoms with Gasteiger partial charge in [0.15, 0.2) is 0 Å². The number of nitrogens with zero attached hydrogens (tertiary/aromatic N) is 4. The first-order chi connectivity index (χ1) is 15.2. The lowest BCUT2D eigenvalue weighted by Gasteiger charge is -2.15. The Labute approximate surface area is 184 Å². The highest BCUT2D eigenvalue weighted by Gasteiger charge is 2.19. The number of hydrogen-bond donors (Lipinski definition) is 0. The predicted molar refractivity (Wildman–Crippen MR) is 134 cm³/mol. The molecule has 0 N–H and O–H groups in total. The lowest BCUT2D eigenvalue weighted by molar-refractivity contribution is 1.19. The van der Waals surface area contributed by atoms with Crippen molar-refractivity contribution in [1.29, 1.82) is 0 Å². The highest BCUT2D eigenvalue weighted by molar-refractivity contribution is 8.05. The van der Waals surface area contributed by atoms with Crippen molar-refractivity contribution in [2.75, 3.05) is 6.26 Å². The van der Waals surface area contributed by atoms with E-state index in [1.54, 1.807) is 23.1 Å². The van der Waals surface area contributed by atoms with Gasteiger partial charge in [-0.05, 0) is 11.7 Å². The second kappa shape index (κ2) is 6.09. The fraction of sp³-hybridized carbons (Fsp3) is 0.0400. The van der Waals surface area contributed by atoms with E-state index in [4.69, 9.17) is 19.9 Å². The topological polar surface area (TPSA) is 51.6 Å². The Bertz CT molecular complexity index is 1960. The number of rotatable bonds is 1. The van der Waals surface area contributed by atoms with Gasteiger partial charge in [-0.25, -0.2) is 19.9 Å². The SMILES string of the molecule is C=c1nc2c3cccc4c5nc6cscc6nc5c5cccc(c2n/c1=C/SC)c5c34. The molecule has 0 bridgehead atoms. The van der Waals surface area contributed by atoms with Gasteiger partial charge in [0, 0.05) is 43.1 Å². The number of thiophene rings is 1. The van der Waals surface area contributed by atoms with Crippen LogP contribution in [-0.2, 0) is 0 Å². The average molecular weight is 435 g/mol. The van der Waals surface area contributed by atoms with Gasteiger partial charge >= 0.3 is 0 Å². The molecule has 31 heavy (non-hydrogen) atoms. The maximum absolute atomic E-state index is 5.02. The van der Waals surface area contributed by atoms with E-state index in [9.17, 15) is 0 Å². The summed E-state index contributed by atoms with van der Waals surface area (Å²) in [7, 11) is 0. The van der Waals surface area contributed by atoms with Crippen molar-refractivity contribution in [3.05, 3.63) is 57.9 Å². The lowest BCUT2D eigenvalue weighted by atomic mass is 9.91. The molecule has 3 aromatic heterocycles. The van der Waals surface area contributed by atoms with E-state index in [0.29, 0.717) is 5.35 Å². The van der Waals surface area contributed by atoms with Gasteiger partial charge in [-0.2, -0.15) is 0 Å². The smallest absolute Gasteiger partial charge is 0.100 e. The van der Waals surface area contributed by atoms with Gasteiger partial charge in [0.25, 0.3) is 0 Å². The van der Waals surface area contributed by atoms with E-state index in [2.05, 4.69) is 53.7 Å². The zero-order chi connectivity index (χ0) is 20.7. The van der Waals surface area contributed by atoms with E-state index in [-0.39, 0.29) is 0 Å². The van der Waals surface area contributed by atoms with Gasteiger partial charge < -0.3 is 0 Å². The first-order valence-electron chi connectivity index (χ1n) is 9.86. The van der Waals surface area contributed by atoms with Gasteiger partial charge in [-0.3, -0.25) is 0 Å². The average Bonchev–Trinajstić information content (AvgIpc) is 3.26. The maximum atomic E-state index is 5.02. The minimum Gasteiger partial charge on any atom is -0.244 e. The largest absolute Gasteiger partial charge is 0.244 e. The summed E-state index contributed by atoms with van der Waals surface area (Å²) in [5.74, 6) is 0. The van der Waals surface area contributed by atoms with Crippen molar-refractivity contribution in [3.63, 3.8) is 0 Å². The third-order valence-corrected chi connectivity index (χ3v) is 7.12. The van der Waals surface area contributed by atoms with Gasteiger partial charge in [0.1, 0.15) is 11.0 Å². The van der Waals surface area contributed by atoms with Crippen LogP contribution in [0.25, 0.3) is 77.4 Å². The Balaban J connectivity index is 1.88. The van der Waals surface area contributed by atoms with Crippen LogP contribution in [0.1, 0.15) is 0 Å². The number of aromatic nitrogens is 4. The van der Waals surface area contributed by atoms with E-state index in [1.165, 1.54) is 10.8 Å². The highest BCUT2D eigenvalue weighted by atomic mass is 32.2. The molecular formula is C25H14N4S2. The van der Waals surface area contributed by atoms with Crippen molar-refractivity contribution in [2.45, 2.75) is 0 Å². The molecule has 4 nitrogen and oxygen atoms in total. The lowest BCUT2D eigenvalue weighted by Crippen LogP contribution is -2.29. The van der Waals surface area contributed by atoms with Crippen LogP contribution >= 0.6 is 23.1 Å².